The Morgan fingerprint density at radius 1 is 1.19 bits per heavy atom. The Morgan fingerprint density at radius 3 is 2.46 bits per heavy atom. The van der Waals surface area contributed by atoms with Gasteiger partial charge in [0.2, 0.25) is 0 Å². The van der Waals surface area contributed by atoms with Gasteiger partial charge in [0, 0.05) is 11.1 Å². The van der Waals surface area contributed by atoms with Crippen molar-refractivity contribution in [2.75, 3.05) is 11.1 Å². The number of aromatic amines is 1. The Labute approximate surface area is 154 Å². The van der Waals surface area contributed by atoms with Crippen LogP contribution in [0.5, 0.6) is 11.5 Å². The van der Waals surface area contributed by atoms with E-state index in [-0.39, 0.29) is 32.7 Å². The van der Waals surface area contributed by atoms with Crippen LogP contribution < -0.4 is 15.8 Å². The molecule has 0 radical (unpaired) electrons. The van der Waals surface area contributed by atoms with Crippen LogP contribution in [0.2, 0.25) is 10.0 Å². The molecule has 26 heavy (non-hydrogen) atoms. The van der Waals surface area contributed by atoms with Gasteiger partial charge in [-0.2, -0.15) is 18.3 Å². The Morgan fingerprint density at radius 2 is 1.85 bits per heavy atom. The number of hydrogen-bond acceptors (Lipinski definition) is 4. The number of nitrogens with zero attached hydrogens (tertiary/aromatic N) is 1. The minimum absolute atomic E-state index is 0.131. The fourth-order valence-electron chi connectivity index (χ4n) is 2.13. The van der Waals surface area contributed by atoms with Gasteiger partial charge in [-0.1, -0.05) is 23.2 Å². The first-order valence-corrected chi connectivity index (χ1v) is 7.69. The van der Waals surface area contributed by atoms with Gasteiger partial charge in [0.15, 0.2) is 11.6 Å². The zero-order valence-electron chi connectivity index (χ0n) is 12.6. The van der Waals surface area contributed by atoms with Crippen LogP contribution in [0.4, 0.5) is 24.7 Å². The van der Waals surface area contributed by atoms with Gasteiger partial charge in [-0.05, 0) is 30.3 Å². The molecule has 2 aromatic carbocycles. The van der Waals surface area contributed by atoms with Crippen LogP contribution in [-0.2, 0) is 4.79 Å². The average Bonchev–Trinajstić information content (AvgIpc) is 2.92. The second-order valence-corrected chi connectivity index (χ2v) is 5.96. The predicted octanol–water partition coefficient (Wildman–Crippen LogP) is 4.75. The van der Waals surface area contributed by atoms with Crippen molar-refractivity contribution in [2.45, 2.75) is 6.18 Å². The SMILES string of the molecule is Nc1cc(Cl)c(Oc2ccc3[nH]nc(NC(=O)C(F)(F)F)c3c2)c(Cl)c1. The van der Waals surface area contributed by atoms with E-state index in [0.29, 0.717) is 11.2 Å². The van der Waals surface area contributed by atoms with E-state index >= 15 is 0 Å². The van der Waals surface area contributed by atoms with E-state index in [0.717, 1.165) is 0 Å². The lowest BCUT2D eigenvalue weighted by Crippen LogP contribution is -2.30. The summed E-state index contributed by atoms with van der Waals surface area (Å²) >= 11 is 12.1. The first-order valence-electron chi connectivity index (χ1n) is 6.94. The molecule has 0 aliphatic heterocycles. The van der Waals surface area contributed by atoms with Gasteiger partial charge >= 0.3 is 12.1 Å². The second-order valence-electron chi connectivity index (χ2n) is 5.15. The molecule has 136 valence electrons. The van der Waals surface area contributed by atoms with E-state index in [9.17, 15) is 18.0 Å². The number of nitrogen functional groups attached to an aromatic ring is 1. The number of halogens is 5. The van der Waals surface area contributed by atoms with Crippen LogP contribution in [0.1, 0.15) is 0 Å². The monoisotopic (exact) mass is 404 g/mol. The van der Waals surface area contributed by atoms with Gasteiger partial charge in [0.05, 0.1) is 15.6 Å². The molecule has 0 aliphatic carbocycles. The number of anilines is 2. The number of benzene rings is 2. The fourth-order valence-corrected chi connectivity index (χ4v) is 2.71. The second kappa shape index (κ2) is 6.58. The maximum Gasteiger partial charge on any atom is 0.471 e. The smallest absolute Gasteiger partial charge is 0.454 e. The largest absolute Gasteiger partial charge is 0.471 e. The number of ether oxygens (including phenoxy) is 1. The number of rotatable bonds is 3. The maximum atomic E-state index is 12.4. The number of hydrogen-bond donors (Lipinski definition) is 3. The van der Waals surface area contributed by atoms with Crippen LogP contribution in [0.15, 0.2) is 30.3 Å². The first-order chi connectivity index (χ1) is 12.1. The molecule has 0 saturated heterocycles. The van der Waals surface area contributed by atoms with E-state index in [1.54, 1.807) is 5.32 Å². The Bertz CT molecular complexity index is 981. The van der Waals surface area contributed by atoms with E-state index in [4.69, 9.17) is 33.7 Å². The highest BCUT2D eigenvalue weighted by Gasteiger charge is 2.39. The molecule has 1 aromatic heterocycles. The van der Waals surface area contributed by atoms with Crippen molar-refractivity contribution in [3.05, 3.63) is 40.4 Å². The van der Waals surface area contributed by atoms with Crippen LogP contribution in [0.25, 0.3) is 10.9 Å². The van der Waals surface area contributed by atoms with Crippen LogP contribution in [-0.4, -0.2) is 22.3 Å². The van der Waals surface area contributed by atoms with Crippen molar-refractivity contribution >= 4 is 51.5 Å². The maximum absolute atomic E-state index is 12.4. The highest BCUT2D eigenvalue weighted by Crippen LogP contribution is 2.39. The van der Waals surface area contributed by atoms with Crippen molar-refractivity contribution in [2.24, 2.45) is 0 Å². The minimum Gasteiger partial charge on any atom is -0.454 e. The summed E-state index contributed by atoms with van der Waals surface area (Å²) in [5.41, 5.74) is 6.35. The molecule has 3 rings (SSSR count). The van der Waals surface area contributed by atoms with Gasteiger partial charge in [-0.3, -0.25) is 9.89 Å². The van der Waals surface area contributed by atoms with Crippen molar-refractivity contribution in [3.63, 3.8) is 0 Å². The third kappa shape index (κ3) is 3.63. The summed E-state index contributed by atoms with van der Waals surface area (Å²) in [6, 6.07) is 7.30. The number of H-pyrrole nitrogens is 1. The summed E-state index contributed by atoms with van der Waals surface area (Å²) < 4.78 is 42.8. The van der Waals surface area contributed by atoms with Gasteiger partial charge < -0.3 is 15.8 Å². The normalized spacial score (nSPS) is 11.6. The number of carbonyl (C=O) groups excluding carboxylic acids is 1. The van der Waals surface area contributed by atoms with Gasteiger partial charge in [0.1, 0.15) is 5.75 Å². The van der Waals surface area contributed by atoms with E-state index in [1.165, 1.54) is 30.3 Å². The molecular weight excluding hydrogens is 396 g/mol. The van der Waals surface area contributed by atoms with E-state index in [1.807, 2.05) is 0 Å². The zero-order valence-corrected chi connectivity index (χ0v) is 14.1. The lowest BCUT2D eigenvalue weighted by Gasteiger charge is -2.11. The average molecular weight is 405 g/mol. The molecule has 1 heterocycles. The highest BCUT2D eigenvalue weighted by molar-refractivity contribution is 6.37. The summed E-state index contributed by atoms with van der Waals surface area (Å²) in [7, 11) is 0. The van der Waals surface area contributed by atoms with E-state index < -0.39 is 12.1 Å². The molecule has 0 aliphatic rings. The Hall–Kier alpha value is -2.65. The van der Waals surface area contributed by atoms with Crippen LogP contribution >= 0.6 is 23.2 Å². The van der Waals surface area contributed by atoms with Crippen molar-refractivity contribution in [1.82, 2.24) is 10.2 Å². The van der Waals surface area contributed by atoms with Crippen molar-refractivity contribution in [3.8, 4) is 11.5 Å². The van der Waals surface area contributed by atoms with Crippen LogP contribution in [0.3, 0.4) is 0 Å². The number of amides is 1. The molecule has 0 unspecified atom stereocenters. The lowest BCUT2D eigenvalue weighted by molar-refractivity contribution is -0.167. The van der Waals surface area contributed by atoms with Gasteiger partial charge in [-0.25, -0.2) is 0 Å². The third-order valence-corrected chi connectivity index (χ3v) is 3.83. The lowest BCUT2D eigenvalue weighted by atomic mass is 10.2. The molecule has 4 N–H and O–H groups in total. The predicted molar refractivity (Wildman–Crippen MR) is 91.7 cm³/mol. The van der Waals surface area contributed by atoms with Crippen molar-refractivity contribution < 1.29 is 22.7 Å². The summed E-state index contributed by atoms with van der Waals surface area (Å²) in [5, 5.41) is 8.40. The molecule has 1 amide bonds. The quantitative estimate of drug-likeness (QED) is 0.549. The number of carbonyl (C=O) groups is 1. The fraction of sp³-hybridized carbons (Fsp3) is 0.0667. The van der Waals surface area contributed by atoms with Gasteiger partial charge in [-0.15, -0.1) is 0 Å². The first kappa shape index (κ1) is 18.2. The molecule has 0 saturated carbocycles. The van der Waals surface area contributed by atoms with Crippen LogP contribution in [0, 0.1) is 0 Å². The van der Waals surface area contributed by atoms with E-state index in [2.05, 4.69) is 10.2 Å². The summed E-state index contributed by atoms with van der Waals surface area (Å²) in [6.45, 7) is 0. The molecule has 0 spiro atoms. The summed E-state index contributed by atoms with van der Waals surface area (Å²) in [6.07, 6.45) is -5.04. The highest BCUT2D eigenvalue weighted by atomic mass is 35.5. The molecule has 3 aromatic rings. The topological polar surface area (TPSA) is 93.0 Å². The summed E-state index contributed by atoms with van der Waals surface area (Å²) in [5.74, 6) is -2.08. The Balaban J connectivity index is 1.94. The molecule has 0 atom stereocenters. The Kier molecular flexibility index (Phi) is 4.59. The number of fused-ring (bicyclic) bond motifs is 1. The standard InChI is InChI=1S/C15H9Cl2F3N4O2/c16-9-3-6(21)4-10(17)12(9)26-7-1-2-11-8(5-7)13(24-23-11)22-14(25)15(18,19)20/h1-5H,21H2,(H2,22,23,24,25). The molecule has 0 bridgehead atoms. The molecule has 11 heteroatoms. The number of nitrogens with one attached hydrogen (secondary N) is 2. The zero-order chi connectivity index (χ0) is 19.1. The summed E-state index contributed by atoms with van der Waals surface area (Å²) in [4.78, 5) is 11.1. The van der Waals surface area contributed by atoms with Gasteiger partial charge in [0.25, 0.3) is 0 Å². The van der Waals surface area contributed by atoms with Crippen molar-refractivity contribution in [1.29, 1.82) is 0 Å². The molecular formula is C15H9Cl2F3N4O2. The minimum atomic E-state index is -5.04. The molecule has 0 fully saturated rings. The number of nitrogens with two attached hydrogens (primary N) is 1. The third-order valence-electron chi connectivity index (χ3n) is 3.26. The molecule has 6 nitrogen and oxygen atoms in total. The number of aromatic nitrogens is 2. The number of alkyl halides is 3.